The fourth-order valence-electron chi connectivity index (χ4n) is 9.08. The fourth-order valence-corrected chi connectivity index (χ4v) is 9.96. The molecule has 0 fully saturated rings. The van der Waals surface area contributed by atoms with Crippen LogP contribution < -0.4 is 0 Å². The lowest BCUT2D eigenvalue weighted by atomic mass is 9.78. The number of nitrogens with one attached hydrogen (secondary N) is 2. The van der Waals surface area contributed by atoms with Crippen LogP contribution in [0.25, 0.3) is 78.7 Å². The SMILES string of the molecule is CC(C)(C)c1cc(-c2c3nc(c(-c4cc(C(C)(C)C)cc(C(C)(C)C)c4)c4cc(Cl)c([nH]4)c(Cl)c4nc(c(-c5cc(C(C)(C)C)cc(C(C)(C)C)c5)c5ccc2[nH]5)C=C4Cl)C=C3)cc(C(C)(C)C)c1. The van der Waals surface area contributed by atoms with Crippen molar-refractivity contribution in [1.82, 2.24) is 19.9 Å². The van der Waals surface area contributed by atoms with Gasteiger partial charge in [-0.15, -0.1) is 0 Å². The van der Waals surface area contributed by atoms with Crippen molar-refractivity contribution in [2.45, 2.75) is 157 Å². The molecule has 2 aliphatic heterocycles. The van der Waals surface area contributed by atoms with E-state index in [-0.39, 0.29) is 32.5 Å². The third-order valence-electron chi connectivity index (χ3n) is 13.7. The summed E-state index contributed by atoms with van der Waals surface area (Å²) in [5.41, 5.74) is 18.7. The molecule has 360 valence electrons. The van der Waals surface area contributed by atoms with Crippen molar-refractivity contribution in [3.8, 4) is 33.4 Å². The number of aromatic amines is 2. The molecule has 4 nitrogen and oxygen atoms in total. The van der Waals surface area contributed by atoms with Crippen molar-refractivity contribution in [3.63, 3.8) is 0 Å². The Labute approximate surface area is 427 Å². The molecule has 2 aliphatic rings. The summed E-state index contributed by atoms with van der Waals surface area (Å²) in [5.74, 6) is 0. The highest BCUT2D eigenvalue weighted by molar-refractivity contribution is 6.54. The van der Waals surface area contributed by atoms with Crippen LogP contribution >= 0.6 is 34.8 Å². The summed E-state index contributed by atoms with van der Waals surface area (Å²) in [6, 6.07) is 27.4. The maximum atomic E-state index is 7.48. The van der Waals surface area contributed by atoms with E-state index in [1.54, 1.807) is 0 Å². The molecule has 0 atom stereocenters. The third-order valence-corrected chi connectivity index (χ3v) is 14.6. The smallest absolute Gasteiger partial charge is 0.103 e. The van der Waals surface area contributed by atoms with E-state index in [1.807, 2.05) is 12.1 Å². The molecule has 2 N–H and O–H groups in total. The molecule has 7 heteroatoms. The molecule has 3 aromatic heterocycles. The minimum absolute atomic E-state index is 0.114. The number of nitrogens with zero attached hydrogens (tertiary/aromatic N) is 2. The maximum absolute atomic E-state index is 7.48. The molecule has 3 aromatic carbocycles. The molecular weight excluding hydrogens is 907 g/mol. The zero-order chi connectivity index (χ0) is 50.7. The van der Waals surface area contributed by atoms with Crippen LogP contribution in [0.4, 0.5) is 0 Å². The number of H-pyrrole nitrogens is 2. The van der Waals surface area contributed by atoms with Gasteiger partial charge in [-0.25, -0.2) is 9.97 Å². The Morgan fingerprint density at radius 2 is 0.710 bits per heavy atom. The minimum atomic E-state index is -0.125. The number of rotatable bonds is 3. The van der Waals surface area contributed by atoms with E-state index in [0.29, 0.717) is 32.0 Å². The first-order chi connectivity index (χ1) is 31.7. The molecule has 0 radical (unpaired) electrons. The lowest BCUT2D eigenvalue weighted by Crippen LogP contribution is -2.16. The standard InChI is InChI=1S/C62H71Cl3N4/c1-57(2,3)37-23-34(24-38(29-37)58(4,5)6)51-45-19-21-47(66-45)52(35-25-39(59(7,8)9)30-40(26-35)60(10,11)12)49-32-43(63)55(68-49)54(65)56-44(64)33-50(69-56)53(48-22-20-46(51)67-48)36-27-41(61(13,14)15)31-42(28-36)62(16,17)18/h19-33,66,69H,1-18H3. The Kier molecular flexibility index (Phi) is 12.6. The highest BCUT2D eigenvalue weighted by atomic mass is 35.5. The zero-order valence-electron chi connectivity index (χ0n) is 44.2. The van der Waals surface area contributed by atoms with E-state index in [4.69, 9.17) is 44.8 Å². The quantitative estimate of drug-likeness (QED) is 0.185. The van der Waals surface area contributed by atoms with Gasteiger partial charge in [-0.05, 0) is 119 Å². The lowest BCUT2D eigenvalue weighted by molar-refractivity contribution is 0.568. The van der Waals surface area contributed by atoms with Crippen molar-refractivity contribution in [1.29, 1.82) is 0 Å². The second-order valence-corrected chi connectivity index (χ2v) is 26.8. The largest absolute Gasteiger partial charge is 0.354 e. The monoisotopic (exact) mass is 976 g/mol. The number of hydrogen-bond acceptors (Lipinski definition) is 2. The number of benzene rings is 3. The van der Waals surface area contributed by atoms with Crippen LogP contribution in [0.3, 0.4) is 0 Å². The van der Waals surface area contributed by atoms with Gasteiger partial charge in [0.25, 0.3) is 0 Å². The topological polar surface area (TPSA) is 57.4 Å². The Morgan fingerprint density at radius 1 is 0.377 bits per heavy atom. The highest BCUT2D eigenvalue weighted by Crippen LogP contribution is 2.45. The Morgan fingerprint density at radius 3 is 1.06 bits per heavy atom. The third kappa shape index (κ3) is 10.1. The van der Waals surface area contributed by atoms with Gasteiger partial charge in [0, 0.05) is 27.7 Å². The molecule has 0 aliphatic carbocycles. The van der Waals surface area contributed by atoms with Crippen LogP contribution in [0.5, 0.6) is 0 Å². The Bertz CT molecular complexity index is 3200. The van der Waals surface area contributed by atoms with E-state index in [0.717, 1.165) is 61.3 Å². The Hall–Kier alpha value is -4.87. The molecule has 0 saturated heterocycles. The van der Waals surface area contributed by atoms with E-state index in [9.17, 15) is 0 Å². The molecule has 6 aromatic rings. The fraction of sp³-hybridized carbons (Fsp3) is 0.387. The predicted molar refractivity (Wildman–Crippen MR) is 302 cm³/mol. The van der Waals surface area contributed by atoms with Crippen molar-refractivity contribution in [2.24, 2.45) is 0 Å². The molecule has 0 amide bonds. The zero-order valence-corrected chi connectivity index (χ0v) is 46.5. The summed E-state index contributed by atoms with van der Waals surface area (Å²) in [5, 5.41) is 1.22. The van der Waals surface area contributed by atoms with Gasteiger partial charge in [-0.1, -0.05) is 214 Å². The highest BCUT2D eigenvalue weighted by Gasteiger charge is 2.28. The van der Waals surface area contributed by atoms with E-state index >= 15 is 0 Å². The van der Waals surface area contributed by atoms with Crippen molar-refractivity contribution < 1.29 is 0 Å². The molecule has 8 rings (SSSR count). The molecule has 0 unspecified atom stereocenters. The van der Waals surface area contributed by atoms with Gasteiger partial charge >= 0.3 is 0 Å². The van der Waals surface area contributed by atoms with Crippen LogP contribution in [-0.2, 0) is 32.5 Å². The number of aromatic nitrogens is 4. The summed E-state index contributed by atoms with van der Waals surface area (Å²) in [6.07, 6.45) is 6.26. The van der Waals surface area contributed by atoms with Gasteiger partial charge in [0.2, 0.25) is 0 Å². The van der Waals surface area contributed by atoms with Gasteiger partial charge in [0.05, 0.1) is 43.2 Å². The first-order valence-corrected chi connectivity index (χ1v) is 25.5. The molecule has 69 heavy (non-hydrogen) atoms. The van der Waals surface area contributed by atoms with E-state index < -0.39 is 0 Å². The molecule has 8 bridgehead atoms. The van der Waals surface area contributed by atoms with E-state index in [2.05, 4.69) is 213 Å². The predicted octanol–water partition coefficient (Wildman–Crippen LogP) is 19.3. The van der Waals surface area contributed by atoms with Crippen LogP contribution in [0.2, 0.25) is 10.0 Å². The second kappa shape index (κ2) is 17.2. The minimum Gasteiger partial charge on any atom is -0.354 e. The molecule has 0 saturated carbocycles. The summed E-state index contributed by atoms with van der Waals surface area (Å²) < 4.78 is 0. The van der Waals surface area contributed by atoms with Crippen molar-refractivity contribution in [3.05, 3.63) is 139 Å². The molecule has 0 spiro atoms. The van der Waals surface area contributed by atoms with Crippen molar-refractivity contribution >= 4 is 80.1 Å². The van der Waals surface area contributed by atoms with Crippen LogP contribution in [0.15, 0.2) is 72.8 Å². The number of hydrogen-bond donors (Lipinski definition) is 2. The van der Waals surface area contributed by atoms with E-state index in [1.165, 1.54) is 33.4 Å². The van der Waals surface area contributed by atoms with Crippen LogP contribution in [0.1, 0.15) is 181 Å². The van der Waals surface area contributed by atoms with Crippen LogP contribution in [0, 0.1) is 0 Å². The van der Waals surface area contributed by atoms with Gasteiger partial charge in [-0.3, -0.25) is 0 Å². The maximum Gasteiger partial charge on any atom is 0.103 e. The summed E-state index contributed by atoms with van der Waals surface area (Å²) in [4.78, 5) is 18.7. The lowest BCUT2D eigenvalue weighted by Gasteiger charge is -2.26. The molecule has 5 heterocycles. The van der Waals surface area contributed by atoms with Gasteiger partial charge in [-0.2, -0.15) is 0 Å². The van der Waals surface area contributed by atoms with Crippen molar-refractivity contribution in [2.75, 3.05) is 0 Å². The summed E-state index contributed by atoms with van der Waals surface area (Å²) >= 11 is 22.1. The molecular formula is C62H71Cl3N4. The first-order valence-electron chi connectivity index (χ1n) is 24.4. The average Bonchev–Trinajstić information content (AvgIpc) is 4.04. The van der Waals surface area contributed by atoms with Gasteiger partial charge < -0.3 is 9.97 Å². The van der Waals surface area contributed by atoms with Gasteiger partial charge in [0.1, 0.15) is 5.69 Å². The summed E-state index contributed by atoms with van der Waals surface area (Å²) in [7, 11) is 0. The van der Waals surface area contributed by atoms with Crippen LogP contribution in [-0.4, -0.2) is 19.9 Å². The summed E-state index contributed by atoms with van der Waals surface area (Å²) in [6.45, 7) is 40.9. The number of halogens is 3. The first kappa shape index (κ1) is 50.5. The number of fused-ring (bicyclic) bond motifs is 8. The normalized spacial score (nSPS) is 13.9. The van der Waals surface area contributed by atoms with Gasteiger partial charge in [0.15, 0.2) is 0 Å². The second-order valence-electron chi connectivity index (χ2n) is 25.6. The Balaban J connectivity index is 1.63. The average molecular weight is 979 g/mol.